The molecule has 14 heavy (non-hydrogen) atoms. The zero-order valence-electron chi connectivity index (χ0n) is 8.07. The molecule has 0 aliphatic heterocycles. The summed E-state index contributed by atoms with van der Waals surface area (Å²) < 4.78 is 5.67. The molecule has 1 aromatic carbocycles. The predicted molar refractivity (Wildman–Crippen MR) is 59.8 cm³/mol. The quantitative estimate of drug-likeness (QED) is 0.741. The van der Waals surface area contributed by atoms with Crippen molar-refractivity contribution in [2.75, 3.05) is 0 Å². The standard InChI is InChI=1S/C12H12OS/c1-10-12(7-8-14-10)13-9-11-5-3-2-4-6-11/h2-8H,9H2,1H3. The zero-order valence-corrected chi connectivity index (χ0v) is 8.88. The molecular weight excluding hydrogens is 192 g/mol. The number of hydrogen-bond acceptors (Lipinski definition) is 2. The molecule has 0 saturated carbocycles. The van der Waals surface area contributed by atoms with Crippen LogP contribution < -0.4 is 4.74 Å². The number of rotatable bonds is 3. The highest BCUT2D eigenvalue weighted by molar-refractivity contribution is 7.10. The molecule has 1 nitrogen and oxygen atoms in total. The molecule has 0 fully saturated rings. The van der Waals surface area contributed by atoms with Gasteiger partial charge in [-0.3, -0.25) is 0 Å². The van der Waals surface area contributed by atoms with Crippen LogP contribution >= 0.6 is 11.3 Å². The lowest BCUT2D eigenvalue weighted by Gasteiger charge is -2.04. The summed E-state index contributed by atoms with van der Waals surface area (Å²) in [5.41, 5.74) is 1.21. The van der Waals surface area contributed by atoms with Crippen molar-refractivity contribution in [3.05, 3.63) is 52.2 Å². The maximum absolute atomic E-state index is 5.67. The summed E-state index contributed by atoms with van der Waals surface area (Å²) in [6.45, 7) is 2.73. The first-order valence-corrected chi connectivity index (χ1v) is 5.45. The Morgan fingerprint density at radius 3 is 2.57 bits per heavy atom. The Balaban J connectivity index is 1.99. The topological polar surface area (TPSA) is 9.23 Å². The molecule has 1 heterocycles. The molecule has 0 spiro atoms. The Hall–Kier alpha value is -1.28. The smallest absolute Gasteiger partial charge is 0.133 e. The van der Waals surface area contributed by atoms with E-state index in [9.17, 15) is 0 Å². The van der Waals surface area contributed by atoms with Gasteiger partial charge < -0.3 is 4.74 Å². The fourth-order valence-corrected chi connectivity index (χ4v) is 1.90. The summed E-state index contributed by atoms with van der Waals surface area (Å²) in [6.07, 6.45) is 0. The average molecular weight is 204 g/mol. The largest absolute Gasteiger partial charge is 0.488 e. The molecular formula is C12H12OS. The summed E-state index contributed by atoms with van der Waals surface area (Å²) in [6, 6.07) is 12.2. The Kier molecular flexibility index (Phi) is 2.84. The van der Waals surface area contributed by atoms with Crippen LogP contribution in [0.1, 0.15) is 10.4 Å². The molecule has 0 saturated heterocycles. The van der Waals surface area contributed by atoms with Gasteiger partial charge in [-0.1, -0.05) is 30.3 Å². The van der Waals surface area contributed by atoms with E-state index in [-0.39, 0.29) is 0 Å². The Morgan fingerprint density at radius 1 is 1.14 bits per heavy atom. The molecule has 2 aromatic rings. The average Bonchev–Trinajstić information content (AvgIpc) is 2.63. The second-order valence-corrected chi connectivity index (χ2v) is 4.24. The van der Waals surface area contributed by atoms with Crippen molar-refractivity contribution in [3.8, 4) is 5.75 Å². The van der Waals surface area contributed by atoms with E-state index in [4.69, 9.17) is 4.74 Å². The highest BCUT2D eigenvalue weighted by Crippen LogP contribution is 2.23. The van der Waals surface area contributed by atoms with Gasteiger partial charge in [-0.25, -0.2) is 0 Å². The van der Waals surface area contributed by atoms with Gasteiger partial charge in [0.1, 0.15) is 12.4 Å². The molecule has 2 rings (SSSR count). The molecule has 0 N–H and O–H groups in total. The van der Waals surface area contributed by atoms with Crippen LogP contribution in [-0.4, -0.2) is 0 Å². The van der Waals surface area contributed by atoms with E-state index in [1.54, 1.807) is 11.3 Å². The van der Waals surface area contributed by atoms with E-state index in [1.807, 2.05) is 24.3 Å². The SMILES string of the molecule is Cc1sccc1OCc1ccccc1. The summed E-state index contributed by atoms with van der Waals surface area (Å²) in [5.74, 6) is 0.999. The van der Waals surface area contributed by atoms with Crippen molar-refractivity contribution in [1.29, 1.82) is 0 Å². The Morgan fingerprint density at radius 2 is 1.93 bits per heavy atom. The lowest BCUT2D eigenvalue weighted by molar-refractivity contribution is 0.306. The van der Waals surface area contributed by atoms with Crippen molar-refractivity contribution in [1.82, 2.24) is 0 Å². The Labute approximate surface area is 88.0 Å². The third-order valence-electron chi connectivity index (χ3n) is 2.05. The van der Waals surface area contributed by atoms with E-state index in [0.29, 0.717) is 6.61 Å². The van der Waals surface area contributed by atoms with Crippen molar-refractivity contribution in [3.63, 3.8) is 0 Å². The van der Waals surface area contributed by atoms with Crippen LogP contribution in [0.4, 0.5) is 0 Å². The van der Waals surface area contributed by atoms with Crippen LogP contribution in [0.3, 0.4) is 0 Å². The molecule has 2 heteroatoms. The summed E-state index contributed by atoms with van der Waals surface area (Å²) in [5, 5.41) is 2.05. The molecule has 0 atom stereocenters. The van der Waals surface area contributed by atoms with Crippen LogP contribution in [0, 0.1) is 6.92 Å². The summed E-state index contributed by atoms with van der Waals surface area (Å²) in [7, 11) is 0. The van der Waals surface area contributed by atoms with E-state index in [1.165, 1.54) is 10.4 Å². The highest BCUT2D eigenvalue weighted by atomic mass is 32.1. The van der Waals surface area contributed by atoms with Gasteiger partial charge in [-0.2, -0.15) is 0 Å². The maximum atomic E-state index is 5.67. The van der Waals surface area contributed by atoms with Gasteiger partial charge in [0.25, 0.3) is 0 Å². The molecule has 0 amide bonds. The summed E-state index contributed by atoms with van der Waals surface area (Å²) in [4.78, 5) is 1.24. The van der Waals surface area contributed by atoms with Crippen LogP contribution in [0.25, 0.3) is 0 Å². The van der Waals surface area contributed by atoms with E-state index in [2.05, 4.69) is 24.4 Å². The van der Waals surface area contributed by atoms with Gasteiger partial charge in [0.15, 0.2) is 0 Å². The van der Waals surface area contributed by atoms with Crippen LogP contribution in [-0.2, 0) is 6.61 Å². The van der Waals surface area contributed by atoms with Crippen LogP contribution in [0.5, 0.6) is 5.75 Å². The first-order chi connectivity index (χ1) is 6.86. The fourth-order valence-electron chi connectivity index (χ4n) is 1.26. The van der Waals surface area contributed by atoms with Crippen molar-refractivity contribution in [2.45, 2.75) is 13.5 Å². The summed E-state index contributed by atoms with van der Waals surface area (Å²) >= 11 is 1.71. The van der Waals surface area contributed by atoms with E-state index < -0.39 is 0 Å². The van der Waals surface area contributed by atoms with Crippen molar-refractivity contribution in [2.24, 2.45) is 0 Å². The molecule has 1 aromatic heterocycles. The van der Waals surface area contributed by atoms with Crippen LogP contribution in [0.2, 0.25) is 0 Å². The second-order valence-electron chi connectivity index (χ2n) is 3.12. The monoisotopic (exact) mass is 204 g/mol. The first-order valence-electron chi connectivity index (χ1n) is 4.57. The van der Waals surface area contributed by atoms with Gasteiger partial charge in [-0.05, 0) is 23.9 Å². The van der Waals surface area contributed by atoms with Gasteiger partial charge in [-0.15, -0.1) is 11.3 Å². The van der Waals surface area contributed by atoms with Gasteiger partial charge in [0.05, 0.1) is 0 Å². The molecule has 0 unspecified atom stereocenters. The lowest BCUT2D eigenvalue weighted by atomic mass is 10.2. The minimum atomic E-state index is 0.651. The third kappa shape index (κ3) is 2.15. The number of ether oxygens (including phenoxy) is 1. The molecule has 0 radical (unpaired) electrons. The highest BCUT2D eigenvalue weighted by Gasteiger charge is 1.99. The zero-order chi connectivity index (χ0) is 9.80. The molecule has 0 aliphatic rings. The molecule has 72 valence electrons. The van der Waals surface area contributed by atoms with E-state index >= 15 is 0 Å². The Bertz CT molecular complexity index is 392. The molecule has 0 bridgehead atoms. The van der Waals surface area contributed by atoms with E-state index in [0.717, 1.165) is 5.75 Å². The van der Waals surface area contributed by atoms with Gasteiger partial charge >= 0.3 is 0 Å². The predicted octanol–water partition coefficient (Wildman–Crippen LogP) is 3.64. The number of benzene rings is 1. The normalized spacial score (nSPS) is 10.1. The number of aryl methyl sites for hydroxylation is 1. The first kappa shape index (κ1) is 9.28. The van der Waals surface area contributed by atoms with Gasteiger partial charge in [0, 0.05) is 4.88 Å². The van der Waals surface area contributed by atoms with Gasteiger partial charge in [0.2, 0.25) is 0 Å². The fraction of sp³-hybridized carbons (Fsp3) is 0.167. The number of hydrogen-bond donors (Lipinski definition) is 0. The third-order valence-corrected chi connectivity index (χ3v) is 2.88. The number of thiophene rings is 1. The molecule has 0 aliphatic carbocycles. The second kappa shape index (κ2) is 4.29. The lowest BCUT2D eigenvalue weighted by Crippen LogP contribution is -1.94. The van der Waals surface area contributed by atoms with Crippen molar-refractivity contribution >= 4 is 11.3 Å². The maximum Gasteiger partial charge on any atom is 0.133 e. The minimum absolute atomic E-state index is 0.651. The van der Waals surface area contributed by atoms with Crippen molar-refractivity contribution < 1.29 is 4.74 Å². The minimum Gasteiger partial charge on any atom is -0.488 e. The van der Waals surface area contributed by atoms with Crippen LogP contribution in [0.15, 0.2) is 41.8 Å².